The van der Waals surface area contributed by atoms with E-state index in [1.165, 1.54) is 0 Å². The molecule has 25 heavy (non-hydrogen) atoms. The molecule has 3 rings (SSSR count). The smallest absolute Gasteiger partial charge is 0.251 e. The second-order valence-electron chi connectivity index (χ2n) is 6.13. The summed E-state index contributed by atoms with van der Waals surface area (Å²) in [7, 11) is 0. The van der Waals surface area contributed by atoms with Crippen molar-refractivity contribution in [1.82, 2.24) is 19.9 Å². The average Bonchev–Trinajstić information content (AvgIpc) is 3.24. The summed E-state index contributed by atoms with van der Waals surface area (Å²) in [6.45, 7) is 6.74. The minimum atomic E-state index is -0.0430. The maximum Gasteiger partial charge on any atom is 0.251 e. The van der Waals surface area contributed by atoms with Gasteiger partial charge in [-0.05, 0) is 44.9 Å². The Hall–Kier alpha value is -2.47. The van der Waals surface area contributed by atoms with Crippen molar-refractivity contribution in [2.75, 3.05) is 6.54 Å². The Labute approximate surface area is 151 Å². The molecule has 5 nitrogen and oxygen atoms in total. The summed E-state index contributed by atoms with van der Waals surface area (Å²) in [5.41, 5.74) is 2.73. The summed E-state index contributed by atoms with van der Waals surface area (Å²) in [5, 5.41) is 4.04. The van der Waals surface area contributed by atoms with Crippen molar-refractivity contribution in [3.8, 4) is 10.4 Å². The van der Waals surface area contributed by atoms with Crippen molar-refractivity contribution in [3.63, 3.8) is 0 Å². The summed E-state index contributed by atoms with van der Waals surface area (Å²) < 4.78 is 2.04. The first-order valence-electron chi connectivity index (χ1n) is 8.34. The molecule has 6 heteroatoms. The first-order valence-corrected chi connectivity index (χ1v) is 9.16. The predicted molar refractivity (Wildman–Crippen MR) is 101 cm³/mol. The van der Waals surface area contributed by atoms with E-state index in [9.17, 15) is 4.79 Å². The van der Waals surface area contributed by atoms with Gasteiger partial charge >= 0.3 is 0 Å². The maximum absolute atomic E-state index is 12.4. The molecule has 3 aromatic rings. The Morgan fingerprint density at radius 1 is 1.36 bits per heavy atom. The highest BCUT2D eigenvalue weighted by molar-refractivity contribution is 7.15. The van der Waals surface area contributed by atoms with Crippen LogP contribution >= 0.6 is 11.3 Å². The van der Waals surface area contributed by atoms with Gasteiger partial charge in [-0.15, -0.1) is 11.3 Å². The van der Waals surface area contributed by atoms with Crippen LogP contribution in [0, 0.1) is 13.8 Å². The number of hydrogen-bond donors (Lipinski definition) is 1. The van der Waals surface area contributed by atoms with Gasteiger partial charge in [-0.25, -0.2) is 9.97 Å². The van der Waals surface area contributed by atoms with Crippen LogP contribution < -0.4 is 5.32 Å². The molecular weight excluding hydrogens is 332 g/mol. The monoisotopic (exact) mass is 354 g/mol. The van der Waals surface area contributed by atoms with Gasteiger partial charge in [0.25, 0.3) is 5.91 Å². The summed E-state index contributed by atoms with van der Waals surface area (Å²) in [5.74, 6) is -0.0430. The molecule has 1 atom stereocenters. The molecule has 0 fully saturated rings. The molecule has 0 aliphatic rings. The Balaban J connectivity index is 1.63. The van der Waals surface area contributed by atoms with Gasteiger partial charge in [0.2, 0.25) is 0 Å². The van der Waals surface area contributed by atoms with E-state index in [1.54, 1.807) is 23.9 Å². The summed E-state index contributed by atoms with van der Waals surface area (Å²) in [4.78, 5) is 22.1. The lowest BCUT2D eigenvalue weighted by atomic mass is 10.1. The molecule has 2 heterocycles. The first-order chi connectivity index (χ1) is 12.0. The standard InChI is InChI=1S/C19H22N4OS/c1-13(23-10-9-20-12-23)7-8-21-19(24)17-6-4-5-16(11-17)18-14(2)22-15(3)25-18/h4-6,9-13H,7-8H2,1-3H3,(H,21,24)/t13-/m0/s1. The highest BCUT2D eigenvalue weighted by atomic mass is 32.1. The van der Waals surface area contributed by atoms with Crippen molar-refractivity contribution in [3.05, 3.63) is 59.3 Å². The lowest BCUT2D eigenvalue weighted by Gasteiger charge is -2.13. The molecule has 0 aliphatic heterocycles. The van der Waals surface area contributed by atoms with Crippen molar-refractivity contribution >= 4 is 17.2 Å². The molecule has 1 amide bonds. The van der Waals surface area contributed by atoms with Crippen LogP contribution in [0.3, 0.4) is 0 Å². The zero-order valence-corrected chi connectivity index (χ0v) is 15.5. The Kier molecular flexibility index (Phi) is 5.28. The molecular formula is C19H22N4OS. The number of thiazole rings is 1. The van der Waals surface area contributed by atoms with E-state index < -0.39 is 0 Å². The molecule has 1 aromatic carbocycles. The van der Waals surface area contributed by atoms with Crippen LogP contribution in [0.2, 0.25) is 0 Å². The van der Waals surface area contributed by atoms with E-state index >= 15 is 0 Å². The van der Waals surface area contributed by atoms with Crippen molar-refractivity contribution in [2.24, 2.45) is 0 Å². The number of amides is 1. The van der Waals surface area contributed by atoms with Gasteiger partial charge in [-0.1, -0.05) is 12.1 Å². The van der Waals surface area contributed by atoms with Crippen LogP contribution in [-0.2, 0) is 0 Å². The molecule has 0 bridgehead atoms. The third kappa shape index (κ3) is 4.14. The number of imidazole rings is 1. The van der Waals surface area contributed by atoms with Crippen LogP contribution in [0.15, 0.2) is 43.0 Å². The van der Waals surface area contributed by atoms with Gasteiger partial charge in [0.05, 0.1) is 21.9 Å². The fourth-order valence-electron chi connectivity index (χ4n) is 2.78. The Bertz CT molecular complexity index is 854. The third-order valence-corrected chi connectivity index (χ3v) is 5.29. The van der Waals surface area contributed by atoms with Crippen molar-refractivity contribution in [1.29, 1.82) is 0 Å². The Morgan fingerprint density at radius 2 is 2.20 bits per heavy atom. The van der Waals surface area contributed by atoms with Gasteiger partial charge in [-0.2, -0.15) is 0 Å². The third-order valence-electron chi connectivity index (χ3n) is 4.17. The number of carbonyl (C=O) groups is 1. The highest BCUT2D eigenvalue weighted by Gasteiger charge is 2.11. The second kappa shape index (κ2) is 7.61. The molecule has 130 valence electrons. The molecule has 0 radical (unpaired) electrons. The van der Waals surface area contributed by atoms with E-state index in [2.05, 4.69) is 22.2 Å². The highest BCUT2D eigenvalue weighted by Crippen LogP contribution is 2.30. The number of nitrogens with zero attached hydrogens (tertiary/aromatic N) is 3. The number of rotatable bonds is 6. The molecule has 0 aliphatic carbocycles. The zero-order valence-electron chi connectivity index (χ0n) is 14.7. The molecule has 0 unspecified atom stereocenters. The number of aryl methyl sites for hydroxylation is 2. The number of carbonyl (C=O) groups excluding carboxylic acids is 1. The second-order valence-corrected chi connectivity index (χ2v) is 7.33. The van der Waals surface area contributed by atoms with E-state index in [0.717, 1.165) is 27.6 Å². The fourth-order valence-corrected chi connectivity index (χ4v) is 3.69. The number of hydrogen-bond acceptors (Lipinski definition) is 4. The molecule has 0 saturated heterocycles. The van der Waals surface area contributed by atoms with Crippen molar-refractivity contribution < 1.29 is 4.79 Å². The van der Waals surface area contributed by atoms with Crippen LogP contribution in [0.1, 0.15) is 40.4 Å². The summed E-state index contributed by atoms with van der Waals surface area (Å²) >= 11 is 1.66. The fraction of sp³-hybridized carbons (Fsp3) is 0.316. The zero-order chi connectivity index (χ0) is 17.8. The minimum absolute atomic E-state index is 0.0430. The van der Waals surface area contributed by atoms with Gasteiger partial charge in [0.15, 0.2) is 0 Å². The topological polar surface area (TPSA) is 59.8 Å². The van der Waals surface area contributed by atoms with Gasteiger partial charge in [0, 0.05) is 30.5 Å². The average molecular weight is 354 g/mol. The normalized spacial score (nSPS) is 12.1. The van der Waals surface area contributed by atoms with Crippen LogP contribution in [0.5, 0.6) is 0 Å². The number of nitrogens with one attached hydrogen (secondary N) is 1. The molecule has 2 aromatic heterocycles. The molecule has 0 saturated carbocycles. The van der Waals surface area contributed by atoms with Crippen molar-refractivity contribution in [2.45, 2.75) is 33.2 Å². The first kappa shape index (κ1) is 17.4. The van der Waals surface area contributed by atoms with Gasteiger partial charge in [-0.3, -0.25) is 4.79 Å². The van der Waals surface area contributed by atoms with Gasteiger partial charge < -0.3 is 9.88 Å². The number of aromatic nitrogens is 3. The van der Waals surface area contributed by atoms with Crippen LogP contribution in [-0.4, -0.2) is 27.0 Å². The van der Waals surface area contributed by atoms with E-state index in [-0.39, 0.29) is 5.91 Å². The lowest BCUT2D eigenvalue weighted by Crippen LogP contribution is -2.26. The minimum Gasteiger partial charge on any atom is -0.352 e. The predicted octanol–water partition coefficient (Wildman–Crippen LogP) is 4.00. The maximum atomic E-state index is 12.4. The van der Waals surface area contributed by atoms with Crippen LogP contribution in [0.4, 0.5) is 0 Å². The quantitative estimate of drug-likeness (QED) is 0.728. The Morgan fingerprint density at radius 3 is 2.88 bits per heavy atom. The van der Waals surface area contributed by atoms with Crippen LogP contribution in [0.25, 0.3) is 10.4 Å². The van der Waals surface area contributed by atoms with E-state index in [1.807, 2.05) is 48.9 Å². The van der Waals surface area contributed by atoms with E-state index in [0.29, 0.717) is 18.2 Å². The molecule has 1 N–H and O–H groups in total. The van der Waals surface area contributed by atoms with E-state index in [4.69, 9.17) is 0 Å². The SMILES string of the molecule is Cc1nc(C)c(-c2cccc(C(=O)NCC[C@H](C)n3ccnc3)c2)s1. The molecule has 0 spiro atoms. The lowest BCUT2D eigenvalue weighted by molar-refractivity contribution is 0.0952. The summed E-state index contributed by atoms with van der Waals surface area (Å²) in [6, 6.07) is 8.04. The summed E-state index contributed by atoms with van der Waals surface area (Å²) in [6.07, 6.45) is 6.36. The largest absolute Gasteiger partial charge is 0.352 e. The number of benzene rings is 1. The van der Waals surface area contributed by atoms with Gasteiger partial charge in [0.1, 0.15) is 0 Å².